The van der Waals surface area contributed by atoms with Gasteiger partial charge in [-0.05, 0) is 73.4 Å². The number of aliphatic hydroxyl groups is 3. The summed E-state index contributed by atoms with van der Waals surface area (Å²) in [6, 6.07) is 9.06. The summed E-state index contributed by atoms with van der Waals surface area (Å²) in [6.45, 7) is 1.85. The van der Waals surface area contributed by atoms with Gasteiger partial charge in [-0.15, -0.1) is 0 Å². The topological polar surface area (TPSA) is 179 Å². The van der Waals surface area contributed by atoms with Gasteiger partial charge in [0.05, 0.1) is 13.7 Å². The van der Waals surface area contributed by atoms with Gasteiger partial charge in [0.15, 0.2) is 29.2 Å². The third-order valence-corrected chi connectivity index (χ3v) is 8.95. The fraction of sp³-hybridized carbons (Fsp3) is 0.457. The van der Waals surface area contributed by atoms with Crippen LogP contribution in [0.15, 0.2) is 48.8 Å². The Morgan fingerprint density at radius 1 is 1.13 bits per heavy atom. The maximum Gasteiger partial charge on any atom is 0.170 e. The monoisotopic (exact) mass is 619 g/mol. The normalized spacial score (nSPS) is 18.7. The molecule has 4 atom stereocenters. The van der Waals surface area contributed by atoms with Crippen molar-refractivity contribution < 1.29 is 34.8 Å². The number of ether oxygens (including phenoxy) is 1. The van der Waals surface area contributed by atoms with Crippen LogP contribution in [0.5, 0.6) is 11.5 Å². The van der Waals surface area contributed by atoms with Gasteiger partial charge in [0.25, 0.3) is 0 Å². The summed E-state index contributed by atoms with van der Waals surface area (Å²) in [7, 11) is 1.44. The van der Waals surface area contributed by atoms with Crippen molar-refractivity contribution in [2.75, 3.05) is 26.1 Å². The van der Waals surface area contributed by atoms with Gasteiger partial charge in [-0.25, -0.2) is 4.98 Å². The van der Waals surface area contributed by atoms with Crippen LogP contribution in [0.1, 0.15) is 79.3 Å². The van der Waals surface area contributed by atoms with Gasteiger partial charge in [0.2, 0.25) is 0 Å². The van der Waals surface area contributed by atoms with E-state index in [9.17, 15) is 30.0 Å². The number of nitrogen functional groups attached to an aromatic ring is 1. The zero-order valence-electron chi connectivity index (χ0n) is 26.0. The Labute approximate surface area is 264 Å². The third-order valence-electron chi connectivity index (χ3n) is 8.95. The number of phenols is 1. The van der Waals surface area contributed by atoms with Gasteiger partial charge in [-0.1, -0.05) is 31.6 Å². The molecule has 0 bridgehead atoms. The molecule has 1 aliphatic carbocycles. The van der Waals surface area contributed by atoms with Crippen LogP contribution in [0.2, 0.25) is 0 Å². The lowest BCUT2D eigenvalue weighted by Crippen LogP contribution is -2.36. The van der Waals surface area contributed by atoms with Gasteiger partial charge in [-0.2, -0.15) is 0 Å². The van der Waals surface area contributed by atoms with Crippen LogP contribution in [0.3, 0.4) is 0 Å². The summed E-state index contributed by atoms with van der Waals surface area (Å²) in [5, 5.41) is 42.4. The number of nitrogens with zero attached hydrogens (tertiary/aromatic N) is 1. The minimum Gasteiger partial charge on any atom is -0.504 e. The Kier molecular flexibility index (Phi) is 11.6. The Balaban J connectivity index is 1.60. The number of methoxy groups -OCH3 is 1. The number of H-pyrrole nitrogens is 1. The van der Waals surface area contributed by atoms with Crippen molar-refractivity contribution in [2.45, 2.75) is 70.3 Å². The molecule has 242 valence electrons. The second kappa shape index (κ2) is 15.3. The van der Waals surface area contributed by atoms with Crippen molar-refractivity contribution >= 4 is 23.5 Å². The van der Waals surface area contributed by atoms with Crippen LogP contribution in [0.25, 0.3) is 6.08 Å². The van der Waals surface area contributed by atoms with E-state index in [1.807, 2.05) is 43.5 Å². The molecule has 1 aliphatic rings. The molecule has 10 heteroatoms. The molecule has 0 saturated carbocycles. The first-order chi connectivity index (χ1) is 21.7. The number of aromatic hydroxyl groups is 1. The molecule has 0 amide bonds. The maximum atomic E-state index is 12.9. The highest BCUT2D eigenvalue weighted by Gasteiger charge is 2.44. The van der Waals surface area contributed by atoms with Crippen molar-refractivity contribution in [1.82, 2.24) is 9.97 Å². The van der Waals surface area contributed by atoms with E-state index in [2.05, 4.69) is 9.97 Å². The number of hydrogen-bond donors (Lipinski definition) is 6. The minimum atomic E-state index is -1.71. The molecule has 2 heterocycles. The number of anilines is 1. The number of pyridine rings is 1. The highest BCUT2D eigenvalue weighted by molar-refractivity contribution is 6.05. The number of benzene rings is 1. The molecule has 7 N–H and O–H groups in total. The van der Waals surface area contributed by atoms with E-state index in [0.717, 1.165) is 24.1 Å². The van der Waals surface area contributed by atoms with Crippen molar-refractivity contribution in [2.24, 2.45) is 11.3 Å². The number of carbonyl (C=O) groups is 2. The van der Waals surface area contributed by atoms with Crippen molar-refractivity contribution in [3.63, 3.8) is 0 Å². The standard InChI is InChI=1S/C35H45N3O7/c1-3-6-22(20-39)7-4-9-28(41)33(44)29(42)11-10-23-17-27(32(43)30(18-23)45-2)31-25-13-16-38-34(36)26(25)12-14-35(31,21-40)19-24-8-5-15-37-24/h5,8,12-18,22,31,33,37,39-40,43-44H,3-4,6-7,9-11,19-21H2,1-2H3,(H2,36,38)/t22-,31-,33-,35-/m0/s1. The Hall–Kier alpha value is -3.99. The number of hydrogen-bond acceptors (Lipinski definition) is 9. The molecule has 0 fully saturated rings. The maximum absolute atomic E-state index is 12.9. The van der Waals surface area contributed by atoms with Crippen molar-refractivity contribution in [3.8, 4) is 11.5 Å². The first-order valence-electron chi connectivity index (χ1n) is 15.6. The Morgan fingerprint density at radius 3 is 2.58 bits per heavy atom. The first kappa shape index (κ1) is 33.9. The number of carbonyl (C=O) groups excluding carboxylic acids is 2. The van der Waals surface area contributed by atoms with Crippen LogP contribution in [-0.2, 0) is 22.4 Å². The van der Waals surface area contributed by atoms with Crippen LogP contribution in [0, 0.1) is 11.3 Å². The molecule has 1 aromatic carbocycles. The van der Waals surface area contributed by atoms with Crippen LogP contribution >= 0.6 is 0 Å². The van der Waals surface area contributed by atoms with E-state index in [-0.39, 0.29) is 49.9 Å². The molecule has 45 heavy (non-hydrogen) atoms. The van der Waals surface area contributed by atoms with Crippen LogP contribution in [0.4, 0.5) is 5.82 Å². The van der Waals surface area contributed by atoms with Crippen LogP contribution < -0.4 is 10.5 Å². The smallest absolute Gasteiger partial charge is 0.170 e. The number of nitrogens with two attached hydrogens (primary N) is 1. The molecule has 0 radical (unpaired) electrons. The number of rotatable bonds is 17. The fourth-order valence-electron chi connectivity index (χ4n) is 6.49. The van der Waals surface area contributed by atoms with Crippen molar-refractivity contribution in [3.05, 3.63) is 76.7 Å². The second-order valence-electron chi connectivity index (χ2n) is 12.0. The summed E-state index contributed by atoms with van der Waals surface area (Å²) in [6.07, 6.45) is 9.01. The zero-order chi connectivity index (χ0) is 32.6. The largest absolute Gasteiger partial charge is 0.504 e. The summed E-state index contributed by atoms with van der Waals surface area (Å²) in [5.41, 5.74) is 8.88. The molecule has 10 nitrogen and oxygen atoms in total. The molecule has 2 aromatic heterocycles. The highest BCUT2D eigenvalue weighted by Crippen LogP contribution is 2.53. The summed E-state index contributed by atoms with van der Waals surface area (Å²) in [5.74, 6) is -1.14. The number of aromatic amines is 1. The average molecular weight is 620 g/mol. The SMILES string of the molecule is CCC[C@H](CO)CCCC(=O)[C@H](O)C(=O)CCc1cc(OC)c(O)c([C@@H]2c3ccnc(N)c3C=C[C@@]2(CO)Cc2ccc[nH]2)c1. The summed E-state index contributed by atoms with van der Waals surface area (Å²) in [4.78, 5) is 32.9. The van der Waals surface area contributed by atoms with Crippen LogP contribution in [-0.4, -0.2) is 68.4 Å². The van der Waals surface area contributed by atoms with E-state index in [1.165, 1.54) is 7.11 Å². The number of ketones is 2. The number of aryl methyl sites for hydroxylation is 1. The molecule has 0 aliphatic heterocycles. The lowest BCUT2D eigenvalue weighted by atomic mass is 9.63. The molecule has 0 unspecified atom stereocenters. The van der Waals surface area contributed by atoms with E-state index >= 15 is 0 Å². The fourth-order valence-corrected chi connectivity index (χ4v) is 6.49. The first-order valence-corrected chi connectivity index (χ1v) is 15.6. The summed E-state index contributed by atoms with van der Waals surface area (Å²) >= 11 is 0. The van der Waals surface area contributed by atoms with Crippen molar-refractivity contribution in [1.29, 1.82) is 0 Å². The number of phenolic OH excluding ortho intramolecular Hbond substituents is 1. The minimum absolute atomic E-state index is 0.0555. The average Bonchev–Trinajstić information content (AvgIpc) is 3.56. The predicted octanol–water partition coefficient (Wildman–Crippen LogP) is 4.10. The molecule has 0 saturated heterocycles. The highest BCUT2D eigenvalue weighted by atomic mass is 16.5. The molecular formula is C35H45N3O7. The quantitative estimate of drug-likeness (QED) is 0.121. The number of fused-ring (bicyclic) bond motifs is 1. The second-order valence-corrected chi connectivity index (χ2v) is 12.0. The summed E-state index contributed by atoms with van der Waals surface area (Å²) < 4.78 is 5.54. The lowest BCUT2D eigenvalue weighted by molar-refractivity contribution is -0.138. The molecular weight excluding hydrogens is 574 g/mol. The molecule has 4 rings (SSSR count). The Morgan fingerprint density at radius 2 is 1.91 bits per heavy atom. The van der Waals surface area contributed by atoms with E-state index < -0.39 is 29.0 Å². The third kappa shape index (κ3) is 7.64. The van der Waals surface area contributed by atoms with E-state index in [4.69, 9.17) is 10.5 Å². The molecule has 0 spiro atoms. The van der Waals surface area contributed by atoms with E-state index in [0.29, 0.717) is 41.8 Å². The lowest BCUT2D eigenvalue weighted by Gasteiger charge is -2.41. The number of nitrogens with one attached hydrogen (secondary N) is 1. The van der Waals surface area contributed by atoms with Gasteiger partial charge in [0.1, 0.15) is 5.82 Å². The van der Waals surface area contributed by atoms with Gasteiger partial charge >= 0.3 is 0 Å². The van der Waals surface area contributed by atoms with Gasteiger partial charge in [-0.3, -0.25) is 9.59 Å². The zero-order valence-corrected chi connectivity index (χ0v) is 26.0. The number of aliphatic hydroxyl groups excluding tert-OH is 3. The number of aromatic nitrogens is 2. The predicted molar refractivity (Wildman–Crippen MR) is 172 cm³/mol. The van der Waals surface area contributed by atoms with Gasteiger partial charge in [0, 0.05) is 60.0 Å². The number of Topliss-reactive ketones (excluding diaryl/α,β-unsaturated/α-hetero) is 2. The van der Waals surface area contributed by atoms with Gasteiger partial charge < -0.3 is 35.9 Å². The molecule has 3 aromatic rings. The van der Waals surface area contributed by atoms with E-state index in [1.54, 1.807) is 18.3 Å². The Bertz CT molecular complexity index is 1490.